The number of likely N-dealkylation sites (tertiary alicyclic amines) is 1. The third kappa shape index (κ3) is 4.47. The number of anilines is 1. The number of nitrogens with zero attached hydrogens (tertiary/aromatic N) is 4. The molecule has 1 aliphatic rings. The van der Waals surface area contributed by atoms with Crippen LogP contribution in [0.5, 0.6) is 5.75 Å². The molecule has 1 atom stereocenters. The second kappa shape index (κ2) is 9.15. The number of ether oxygens (including phenoxy) is 1. The van der Waals surface area contributed by atoms with E-state index in [1.165, 1.54) is 11.0 Å². The highest BCUT2D eigenvalue weighted by Crippen LogP contribution is 2.36. The molecule has 1 aliphatic heterocycles. The molecule has 2 aromatic heterocycles. The van der Waals surface area contributed by atoms with E-state index in [0.717, 1.165) is 0 Å². The summed E-state index contributed by atoms with van der Waals surface area (Å²) < 4.78 is 23.1. The molecule has 10 heteroatoms. The minimum atomic E-state index is -0.835. The van der Waals surface area contributed by atoms with Crippen molar-refractivity contribution in [3.8, 4) is 5.75 Å². The number of amides is 1. The minimum absolute atomic E-state index is 0.133. The molecule has 0 spiro atoms. The molecule has 3 N–H and O–H groups in total. The van der Waals surface area contributed by atoms with Gasteiger partial charge in [-0.3, -0.25) is 9.20 Å². The van der Waals surface area contributed by atoms with Gasteiger partial charge in [0.25, 0.3) is 5.91 Å². The number of halogens is 2. The van der Waals surface area contributed by atoms with Crippen molar-refractivity contribution >= 4 is 28.8 Å². The second-order valence-electron chi connectivity index (χ2n) is 8.57. The lowest BCUT2D eigenvalue weighted by Crippen LogP contribution is -2.42. The Morgan fingerprint density at radius 2 is 2.21 bits per heavy atom. The maximum Gasteiger partial charge on any atom is 0.260 e. The topological polar surface area (TPSA) is 106 Å². The molecule has 0 aliphatic carbocycles. The predicted molar refractivity (Wildman–Crippen MR) is 123 cm³/mol. The van der Waals surface area contributed by atoms with Gasteiger partial charge < -0.3 is 20.5 Å². The van der Waals surface area contributed by atoms with Crippen molar-refractivity contribution < 1.29 is 19.0 Å². The Bertz CT molecular complexity index is 1210. The van der Waals surface area contributed by atoms with Crippen molar-refractivity contribution in [2.24, 2.45) is 0 Å². The van der Waals surface area contributed by atoms with Gasteiger partial charge in [0.1, 0.15) is 28.5 Å². The molecule has 33 heavy (non-hydrogen) atoms. The Labute approximate surface area is 196 Å². The van der Waals surface area contributed by atoms with E-state index in [4.69, 9.17) is 22.1 Å². The first-order chi connectivity index (χ1) is 15.7. The van der Waals surface area contributed by atoms with Crippen LogP contribution in [0.3, 0.4) is 0 Å². The normalized spacial score (nSPS) is 16.6. The van der Waals surface area contributed by atoms with Crippen LogP contribution < -0.4 is 10.5 Å². The van der Waals surface area contributed by atoms with Crippen molar-refractivity contribution in [1.29, 1.82) is 0 Å². The summed E-state index contributed by atoms with van der Waals surface area (Å²) in [4.78, 5) is 23.6. The Morgan fingerprint density at radius 1 is 1.45 bits per heavy atom. The van der Waals surface area contributed by atoms with Crippen LogP contribution in [-0.4, -0.2) is 55.6 Å². The van der Waals surface area contributed by atoms with Crippen LogP contribution in [0.25, 0.3) is 5.52 Å². The molecule has 0 bridgehead atoms. The number of carbonyl (C=O) groups excluding carboxylic acids is 1. The van der Waals surface area contributed by atoms with Gasteiger partial charge in [-0.05, 0) is 39.7 Å². The largest absolute Gasteiger partial charge is 0.490 e. The number of rotatable bonds is 5. The van der Waals surface area contributed by atoms with Crippen LogP contribution in [0.2, 0.25) is 5.02 Å². The van der Waals surface area contributed by atoms with Crippen LogP contribution in [0, 0.1) is 12.7 Å². The van der Waals surface area contributed by atoms with Crippen LogP contribution in [0.4, 0.5) is 10.2 Å². The highest BCUT2D eigenvalue weighted by molar-refractivity contribution is 6.31. The Kier molecular flexibility index (Phi) is 6.45. The number of carbonyl (C=O) groups is 1. The van der Waals surface area contributed by atoms with Crippen LogP contribution in [0.1, 0.15) is 54.1 Å². The number of hydrogen-bond acceptors (Lipinski definition) is 6. The molecule has 1 fully saturated rings. The smallest absolute Gasteiger partial charge is 0.260 e. The zero-order valence-corrected chi connectivity index (χ0v) is 19.6. The van der Waals surface area contributed by atoms with E-state index in [1.807, 2.05) is 11.3 Å². The standard InChI is InChI=1S/C23H27ClFN5O3/c1-12(2)33-21-14(10-17-28-13(3)20-22(26)27-6-8-30(17)20)9-16(24)19(25)18(21)23(32)29-7-4-5-15(31)11-29/h6,8-9,12,15,31H,4-5,7,10-11H2,1-3H3,(H2,26,27)/t15-/m0/s1. The summed E-state index contributed by atoms with van der Waals surface area (Å²) in [7, 11) is 0. The highest BCUT2D eigenvalue weighted by atomic mass is 35.5. The number of aryl methyl sites for hydroxylation is 1. The molecular formula is C23H27ClFN5O3. The second-order valence-corrected chi connectivity index (χ2v) is 8.98. The number of nitrogens with two attached hydrogens (primary N) is 1. The number of aromatic nitrogens is 3. The van der Waals surface area contributed by atoms with E-state index in [-0.39, 0.29) is 35.4 Å². The number of nitrogen functional groups attached to an aromatic ring is 1. The fourth-order valence-electron chi connectivity index (χ4n) is 4.26. The van der Waals surface area contributed by atoms with E-state index < -0.39 is 17.8 Å². The van der Waals surface area contributed by atoms with Crippen molar-refractivity contribution in [1.82, 2.24) is 19.3 Å². The summed E-state index contributed by atoms with van der Waals surface area (Å²) in [6.07, 6.45) is 3.83. The Balaban J connectivity index is 1.84. The van der Waals surface area contributed by atoms with Crippen LogP contribution in [0.15, 0.2) is 18.5 Å². The quantitative estimate of drug-likeness (QED) is 0.586. The molecule has 0 saturated carbocycles. The van der Waals surface area contributed by atoms with E-state index >= 15 is 4.39 Å². The van der Waals surface area contributed by atoms with Gasteiger partial charge in [-0.1, -0.05) is 11.6 Å². The van der Waals surface area contributed by atoms with Crippen LogP contribution in [-0.2, 0) is 6.42 Å². The van der Waals surface area contributed by atoms with E-state index in [0.29, 0.717) is 47.8 Å². The first kappa shape index (κ1) is 23.3. The fraction of sp³-hybridized carbons (Fsp3) is 0.435. The number of aliphatic hydroxyl groups is 1. The molecule has 0 radical (unpaired) electrons. The van der Waals surface area contributed by atoms with Gasteiger partial charge in [0.05, 0.1) is 22.9 Å². The average molecular weight is 476 g/mol. The third-order valence-corrected chi connectivity index (χ3v) is 5.95. The number of benzene rings is 1. The van der Waals surface area contributed by atoms with Crippen molar-refractivity contribution in [3.63, 3.8) is 0 Å². The van der Waals surface area contributed by atoms with Gasteiger partial charge in [-0.2, -0.15) is 0 Å². The zero-order valence-electron chi connectivity index (χ0n) is 18.8. The summed E-state index contributed by atoms with van der Waals surface area (Å²) in [5, 5.41) is 9.84. The molecule has 4 rings (SSSR count). The van der Waals surface area contributed by atoms with Crippen LogP contribution >= 0.6 is 11.6 Å². The van der Waals surface area contributed by atoms with Gasteiger partial charge in [-0.15, -0.1) is 0 Å². The van der Waals surface area contributed by atoms with Crippen molar-refractivity contribution in [2.45, 2.75) is 52.2 Å². The molecule has 1 saturated heterocycles. The highest BCUT2D eigenvalue weighted by Gasteiger charge is 2.31. The van der Waals surface area contributed by atoms with Crippen molar-refractivity contribution in [2.75, 3.05) is 18.8 Å². The van der Waals surface area contributed by atoms with Gasteiger partial charge >= 0.3 is 0 Å². The number of imidazole rings is 1. The number of aliphatic hydroxyl groups excluding tert-OH is 1. The molecule has 3 heterocycles. The lowest BCUT2D eigenvalue weighted by Gasteiger charge is -2.31. The first-order valence-electron chi connectivity index (χ1n) is 10.9. The minimum Gasteiger partial charge on any atom is -0.490 e. The summed E-state index contributed by atoms with van der Waals surface area (Å²) in [6, 6.07) is 1.47. The monoisotopic (exact) mass is 475 g/mol. The molecule has 1 aromatic carbocycles. The molecule has 3 aromatic rings. The first-order valence-corrected chi connectivity index (χ1v) is 11.3. The van der Waals surface area contributed by atoms with Gasteiger partial charge in [-0.25, -0.2) is 14.4 Å². The van der Waals surface area contributed by atoms with Gasteiger partial charge in [0.2, 0.25) is 0 Å². The Morgan fingerprint density at radius 3 is 2.91 bits per heavy atom. The van der Waals surface area contributed by atoms with Gasteiger partial charge in [0.15, 0.2) is 5.82 Å². The lowest BCUT2D eigenvalue weighted by atomic mass is 10.0. The molecule has 0 unspecified atom stereocenters. The van der Waals surface area contributed by atoms with E-state index in [9.17, 15) is 9.90 Å². The molecule has 8 nitrogen and oxygen atoms in total. The fourth-order valence-corrected chi connectivity index (χ4v) is 4.49. The number of β-amino-alcohol motifs (C(OH)–C–C–N with tert-alkyl or cyclic N) is 1. The van der Waals surface area contributed by atoms with E-state index in [2.05, 4.69) is 9.97 Å². The van der Waals surface area contributed by atoms with Crippen molar-refractivity contribution in [3.05, 3.63) is 51.9 Å². The summed E-state index contributed by atoms with van der Waals surface area (Å²) in [6.45, 7) is 6.00. The SMILES string of the molecule is Cc1nc(Cc2cc(Cl)c(F)c(C(=O)N3CCC[C@H](O)C3)c2OC(C)C)n2ccnc(N)c12. The summed E-state index contributed by atoms with van der Waals surface area (Å²) in [5.74, 6) is -0.279. The number of hydrogen-bond donors (Lipinski definition) is 2. The lowest BCUT2D eigenvalue weighted by molar-refractivity contribution is 0.0465. The maximum absolute atomic E-state index is 15.3. The third-order valence-electron chi connectivity index (χ3n) is 5.68. The van der Waals surface area contributed by atoms with E-state index in [1.54, 1.807) is 26.2 Å². The summed E-state index contributed by atoms with van der Waals surface area (Å²) in [5.41, 5.74) is 7.71. The number of fused-ring (bicyclic) bond motifs is 1. The maximum atomic E-state index is 15.3. The molecule has 1 amide bonds. The number of piperidine rings is 1. The zero-order chi connectivity index (χ0) is 23.9. The molecule has 176 valence electrons. The average Bonchev–Trinajstić information content (AvgIpc) is 3.07. The predicted octanol–water partition coefficient (Wildman–Crippen LogP) is 3.39. The Hall–Kier alpha value is -2.91. The van der Waals surface area contributed by atoms with Gasteiger partial charge in [0, 0.05) is 37.5 Å². The summed E-state index contributed by atoms with van der Waals surface area (Å²) >= 11 is 6.25. The molecular weight excluding hydrogens is 449 g/mol.